The van der Waals surface area contributed by atoms with Crippen LogP contribution in [0.25, 0.3) is 0 Å². The fraction of sp³-hybridized carbons (Fsp3) is 0.571. The first-order valence-electron chi connectivity index (χ1n) is 6.30. The Labute approximate surface area is 121 Å². The van der Waals surface area contributed by atoms with Crippen molar-refractivity contribution in [2.45, 2.75) is 44.1 Å². The number of alkyl halides is 1. The minimum Gasteiger partial charge on any atom is -0.323 e. The molecule has 4 heteroatoms. The molecule has 1 aromatic heterocycles. The third kappa shape index (κ3) is 4.77. The normalized spacial score (nSPS) is 14.7. The van der Waals surface area contributed by atoms with Crippen molar-refractivity contribution in [3.8, 4) is 11.8 Å². The molecule has 0 spiro atoms. The monoisotopic (exact) mass is 299 g/mol. The smallest absolute Gasteiger partial charge is 0.0637 e. The molecule has 0 aliphatic rings. The van der Waals surface area contributed by atoms with Crippen molar-refractivity contribution in [2.24, 2.45) is 5.73 Å². The van der Waals surface area contributed by atoms with Crippen molar-refractivity contribution < 1.29 is 0 Å². The van der Waals surface area contributed by atoms with Crippen molar-refractivity contribution in [2.75, 3.05) is 5.88 Å². The van der Waals surface area contributed by atoms with Crippen LogP contribution in [0, 0.1) is 11.8 Å². The van der Waals surface area contributed by atoms with Gasteiger partial charge in [-0.3, -0.25) is 0 Å². The average Bonchev–Trinajstić information content (AvgIpc) is 2.80. The van der Waals surface area contributed by atoms with E-state index in [1.54, 1.807) is 11.3 Å². The summed E-state index contributed by atoms with van der Waals surface area (Å²) < 4.78 is 0. The molecule has 100 valence electrons. The molecule has 0 saturated carbocycles. The highest BCUT2D eigenvalue weighted by Crippen LogP contribution is 2.34. The van der Waals surface area contributed by atoms with Gasteiger partial charge < -0.3 is 5.73 Å². The second-order valence-corrected chi connectivity index (χ2v) is 12.2. The van der Waals surface area contributed by atoms with Gasteiger partial charge in [-0.2, -0.15) is 0 Å². The van der Waals surface area contributed by atoms with Crippen LogP contribution in [0.3, 0.4) is 0 Å². The predicted molar refractivity (Wildman–Crippen MR) is 86.1 cm³/mol. The first-order chi connectivity index (χ1) is 8.46. The summed E-state index contributed by atoms with van der Waals surface area (Å²) in [6.45, 7) is 7.00. The van der Waals surface area contributed by atoms with Crippen LogP contribution < -0.4 is 5.73 Å². The molecule has 18 heavy (non-hydrogen) atoms. The fourth-order valence-corrected chi connectivity index (χ4v) is 4.64. The first kappa shape index (κ1) is 15.8. The molecule has 0 unspecified atom stereocenters. The lowest BCUT2D eigenvalue weighted by molar-refractivity contribution is 0.746. The summed E-state index contributed by atoms with van der Waals surface area (Å²) in [4.78, 5) is 1.24. The largest absolute Gasteiger partial charge is 0.323 e. The van der Waals surface area contributed by atoms with Crippen LogP contribution in [-0.2, 0) is 0 Å². The molecule has 0 bridgehead atoms. The van der Waals surface area contributed by atoms with Crippen LogP contribution in [-0.4, -0.2) is 14.0 Å². The molecule has 0 fully saturated rings. The zero-order valence-corrected chi connectivity index (χ0v) is 13.9. The molecule has 2 atom stereocenters. The molecule has 1 nitrogen and oxygen atoms in total. The summed E-state index contributed by atoms with van der Waals surface area (Å²) in [5, 5.41) is 2.08. The van der Waals surface area contributed by atoms with E-state index in [-0.39, 0.29) is 6.04 Å². The number of thiophene rings is 1. The van der Waals surface area contributed by atoms with Gasteiger partial charge in [0.1, 0.15) is 0 Å². The van der Waals surface area contributed by atoms with Gasteiger partial charge in [-0.1, -0.05) is 25.7 Å². The van der Waals surface area contributed by atoms with Crippen LogP contribution in [0.1, 0.15) is 23.8 Å². The summed E-state index contributed by atoms with van der Waals surface area (Å²) in [5.74, 6) is 7.36. The SMILES string of the molecule is C[Si](C)(C)[C@H](C#CCCCCl)[C@H](N)c1cccs1. The highest BCUT2D eigenvalue weighted by Gasteiger charge is 2.31. The lowest BCUT2D eigenvalue weighted by atomic mass is 10.1. The Morgan fingerprint density at radius 1 is 1.44 bits per heavy atom. The van der Waals surface area contributed by atoms with E-state index < -0.39 is 8.07 Å². The number of nitrogens with two attached hydrogens (primary N) is 1. The summed E-state index contributed by atoms with van der Waals surface area (Å²) in [6.07, 6.45) is 1.84. The third-order valence-electron chi connectivity index (χ3n) is 2.86. The first-order valence-corrected chi connectivity index (χ1v) is 11.3. The Bertz CT molecular complexity index is 400. The quantitative estimate of drug-likeness (QED) is 0.369. The van der Waals surface area contributed by atoms with Crippen LogP contribution in [0.5, 0.6) is 0 Å². The van der Waals surface area contributed by atoms with Crippen molar-refractivity contribution in [3.63, 3.8) is 0 Å². The van der Waals surface area contributed by atoms with E-state index in [9.17, 15) is 0 Å². The molecule has 1 heterocycles. The number of rotatable bonds is 5. The minimum atomic E-state index is -1.39. The van der Waals surface area contributed by atoms with Crippen LogP contribution in [0.15, 0.2) is 17.5 Å². The second kappa shape index (κ2) is 7.35. The Hall–Kier alpha value is -0.273. The fourth-order valence-electron chi connectivity index (χ4n) is 1.83. The summed E-state index contributed by atoms with van der Waals surface area (Å²) in [5.41, 5.74) is 6.71. The molecule has 0 aliphatic carbocycles. The average molecular weight is 300 g/mol. The zero-order valence-electron chi connectivity index (χ0n) is 11.4. The molecular formula is C14H22ClNSSi. The van der Waals surface area contributed by atoms with Crippen LogP contribution in [0.4, 0.5) is 0 Å². The standard InChI is InChI=1S/C14H22ClNSSi/c1-18(2,3)13(9-5-4-6-10-15)14(16)12-8-7-11-17-12/h7-8,11,13-14H,4,6,10,16H2,1-3H3/t13-,14-/m1/s1. The lowest BCUT2D eigenvalue weighted by Crippen LogP contribution is -2.34. The highest BCUT2D eigenvalue weighted by molar-refractivity contribution is 7.10. The Balaban J connectivity index is 2.81. The van der Waals surface area contributed by atoms with E-state index in [4.69, 9.17) is 17.3 Å². The van der Waals surface area contributed by atoms with Crippen LogP contribution in [0.2, 0.25) is 25.2 Å². The van der Waals surface area contributed by atoms with E-state index >= 15 is 0 Å². The van der Waals surface area contributed by atoms with E-state index in [1.807, 2.05) is 0 Å². The highest BCUT2D eigenvalue weighted by atomic mass is 35.5. The van der Waals surface area contributed by atoms with Crippen molar-refractivity contribution in [1.29, 1.82) is 0 Å². The van der Waals surface area contributed by atoms with Crippen molar-refractivity contribution >= 4 is 31.0 Å². The lowest BCUT2D eigenvalue weighted by Gasteiger charge is -2.29. The summed E-state index contributed by atoms with van der Waals surface area (Å²) in [7, 11) is -1.39. The molecule has 2 N–H and O–H groups in total. The van der Waals surface area contributed by atoms with Gasteiger partial charge in [-0.25, -0.2) is 0 Å². The van der Waals surface area contributed by atoms with Gasteiger partial charge in [-0.05, 0) is 17.9 Å². The number of halogens is 1. The van der Waals surface area contributed by atoms with Gasteiger partial charge in [0.05, 0.1) is 14.1 Å². The van der Waals surface area contributed by atoms with Crippen molar-refractivity contribution in [3.05, 3.63) is 22.4 Å². The molecule has 0 amide bonds. The third-order valence-corrected chi connectivity index (χ3v) is 6.47. The number of unbranched alkanes of at least 4 members (excludes halogenated alkanes) is 1. The summed E-state index contributed by atoms with van der Waals surface area (Å²) >= 11 is 7.40. The number of hydrogen-bond donors (Lipinski definition) is 1. The molecule has 1 rings (SSSR count). The molecule has 0 saturated heterocycles. The molecule has 0 aromatic carbocycles. The molecular weight excluding hydrogens is 278 g/mol. The van der Waals surface area contributed by atoms with Crippen molar-refractivity contribution in [1.82, 2.24) is 0 Å². The van der Waals surface area contributed by atoms with Gasteiger partial charge in [0.2, 0.25) is 0 Å². The zero-order chi connectivity index (χ0) is 13.6. The van der Waals surface area contributed by atoms with Crippen LogP contribution >= 0.6 is 22.9 Å². The number of hydrogen-bond acceptors (Lipinski definition) is 2. The van der Waals surface area contributed by atoms with E-state index in [0.717, 1.165) is 12.8 Å². The molecule has 0 aliphatic heterocycles. The van der Waals surface area contributed by atoms with Gasteiger partial charge in [0.15, 0.2) is 0 Å². The Kier molecular flexibility index (Phi) is 6.44. The maximum Gasteiger partial charge on any atom is 0.0637 e. The Morgan fingerprint density at radius 3 is 2.67 bits per heavy atom. The van der Waals surface area contributed by atoms with E-state index in [1.165, 1.54) is 4.88 Å². The van der Waals surface area contributed by atoms with Gasteiger partial charge in [0.25, 0.3) is 0 Å². The Morgan fingerprint density at radius 2 is 2.17 bits per heavy atom. The maximum absolute atomic E-state index is 6.40. The van der Waals surface area contributed by atoms with E-state index in [0.29, 0.717) is 11.4 Å². The minimum absolute atomic E-state index is 0.0557. The topological polar surface area (TPSA) is 26.0 Å². The maximum atomic E-state index is 6.40. The molecule has 1 aromatic rings. The van der Waals surface area contributed by atoms with Gasteiger partial charge in [-0.15, -0.1) is 34.8 Å². The van der Waals surface area contributed by atoms with Gasteiger partial charge in [0, 0.05) is 22.7 Å². The van der Waals surface area contributed by atoms with E-state index in [2.05, 4.69) is 49.0 Å². The predicted octanol–water partition coefficient (Wildman–Crippen LogP) is 4.48. The second-order valence-electron chi connectivity index (χ2n) is 5.50. The summed E-state index contributed by atoms with van der Waals surface area (Å²) in [6, 6.07) is 4.23. The van der Waals surface area contributed by atoms with Gasteiger partial charge >= 0.3 is 0 Å². The molecule has 0 radical (unpaired) electrons.